The van der Waals surface area contributed by atoms with Crippen LogP contribution < -0.4 is 5.32 Å². The number of likely N-dealkylation sites (tertiary alicyclic amines) is 1. The Hall–Kier alpha value is -1.63. The molecular formula is C20H31N3O3. The summed E-state index contributed by atoms with van der Waals surface area (Å²) in [6, 6.07) is 10.3. The SMILES string of the molecule is CCN1CCC(NCC2CN(C(=O)OCc3ccccc3)CCO2)CC1. The molecule has 2 aliphatic rings. The summed E-state index contributed by atoms with van der Waals surface area (Å²) >= 11 is 0. The van der Waals surface area contributed by atoms with Crippen molar-refractivity contribution >= 4 is 6.09 Å². The summed E-state index contributed by atoms with van der Waals surface area (Å²) in [7, 11) is 0. The maximum atomic E-state index is 12.3. The lowest BCUT2D eigenvalue weighted by Crippen LogP contribution is -2.51. The number of amides is 1. The predicted octanol–water partition coefficient (Wildman–Crippen LogP) is 2.10. The first-order valence-corrected chi connectivity index (χ1v) is 9.77. The van der Waals surface area contributed by atoms with E-state index in [2.05, 4.69) is 17.1 Å². The van der Waals surface area contributed by atoms with E-state index in [1.807, 2.05) is 30.3 Å². The van der Waals surface area contributed by atoms with Gasteiger partial charge in [0.25, 0.3) is 0 Å². The van der Waals surface area contributed by atoms with Crippen LogP contribution in [0.15, 0.2) is 30.3 Å². The summed E-state index contributed by atoms with van der Waals surface area (Å²) in [5, 5.41) is 3.62. The first kappa shape index (κ1) is 19.1. The summed E-state index contributed by atoms with van der Waals surface area (Å²) < 4.78 is 11.3. The van der Waals surface area contributed by atoms with Crippen molar-refractivity contribution in [3.63, 3.8) is 0 Å². The van der Waals surface area contributed by atoms with E-state index in [1.54, 1.807) is 4.90 Å². The van der Waals surface area contributed by atoms with Crippen LogP contribution >= 0.6 is 0 Å². The molecule has 2 aliphatic heterocycles. The highest BCUT2D eigenvalue weighted by Crippen LogP contribution is 2.12. The standard InChI is InChI=1S/C20H31N3O3/c1-2-22-10-8-18(9-11-22)21-14-19-15-23(12-13-25-19)20(24)26-16-17-6-4-3-5-7-17/h3-7,18-19,21H,2,8-16H2,1H3. The van der Waals surface area contributed by atoms with Crippen molar-refractivity contribution < 1.29 is 14.3 Å². The third-order valence-corrected chi connectivity index (χ3v) is 5.27. The second kappa shape index (κ2) is 9.90. The molecule has 0 radical (unpaired) electrons. The molecule has 26 heavy (non-hydrogen) atoms. The van der Waals surface area contributed by atoms with Crippen molar-refractivity contribution in [2.24, 2.45) is 0 Å². The molecule has 0 bridgehead atoms. The highest BCUT2D eigenvalue weighted by Gasteiger charge is 2.26. The molecule has 144 valence electrons. The van der Waals surface area contributed by atoms with E-state index < -0.39 is 0 Å². The maximum absolute atomic E-state index is 12.3. The fourth-order valence-corrected chi connectivity index (χ4v) is 3.57. The molecule has 0 saturated carbocycles. The van der Waals surface area contributed by atoms with E-state index in [1.165, 1.54) is 12.8 Å². The van der Waals surface area contributed by atoms with E-state index in [0.29, 0.717) is 32.3 Å². The number of morpholine rings is 1. The van der Waals surface area contributed by atoms with Gasteiger partial charge in [0.1, 0.15) is 6.61 Å². The van der Waals surface area contributed by atoms with Crippen LogP contribution in [0.4, 0.5) is 4.79 Å². The van der Waals surface area contributed by atoms with Crippen molar-refractivity contribution in [2.45, 2.75) is 38.5 Å². The fourth-order valence-electron chi connectivity index (χ4n) is 3.57. The Balaban J connectivity index is 1.37. The van der Waals surface area contributed by atoms with Gasteiger partial charge < -0.3 is 24.6 Å². The lowest BCUT2D eigenvalue weighted by molar-refractivity contribution is -0.0286. The minimum atomic E-state index is -0.251. The summed E-state index contributed by atoms with van der Waals surface area (Å²) in [6.07, 6.45) is 2.16. The smallest absolute Gasteiger partial charge is 0.410 e. The molecule has 6 heteroatoms. The Labute approximate surface area is 156 Å². The topological polar surface area (TPSA) is 54.0 Å². The highest BCUT2D eigenvalue weighted by atomic mass is 16.6. The van der Waals surface area contributed by atoms with E-state index in [4.69, 9.17) is 9.47 Å². The van der Waals surface area contributed by atoms with Crippen LogP contribution in [0.2, 0.25) is 0 Å². The number of nitrogens with one attached hydrogen (secondary N) is 1. The van der Waals surface area contributed by atoms with Crippen LogP contribution in [0.25, 0.3) is 0 Å². The molecule has 2 fully saturated rings. The van der Waals surface area contributed by atoms with Crippen LogP contribution in [0, 0.1) is 0 Å². The molecule has 0 aliphatic carbocycles. The van der Waals surface area contributed by atoms with Gasteiger partial charge in [0.2, 0.25) is 0 Å². The first-order chi connectivity index (χ1) is 12.7. The number of rotatable bonds is 6. The van der Waals surface area contributed by atoms with Crippen LogP contribution in [-0.2, 0) is 16.1 Å². The molecule has 1 amide bonds. The van der Waals surface area contributed by atoms with E-state index in [0.717, 1.165) is 31.7 Å². The van der Waals surface area contributed by atoms with Crippen molar-refractivity contribution in [2.75, 3.05) is 45.9 Å². The first-order valence-electron chi connectivity index (χ1n) is 9.77. The Kier molecular flexibility index (Phi) is 7.29. The van der Waals surface area contributed by atoms with Gasteiger partial charge >= 0.3 is 6.09 Å². The largest absolute Gasteiger partial charge is 0.445 e. The van der Waals surface area contributed by atoms with Crippen LogP contribution in [0.1, 0.15) is 25.3 Å². The number of hydrogen-bond donors (Lipinski definition) is 1. The van der Waals surface area contributed by atoms with Crippen LogP contribution in [0.5, 0.6) is 0 Å². The van der Waals surface area contributed by atoms with Gasteiger partial charge in [-0.3, -0.25) is 0 Å². The van der Waals surface area contributed by atoms with E-state index in [-0.39, 0.29) is 12.2 Å². The van der Waals surface area contributed by atoms with Gasteiger partial charge in [-0.05, 0) is 38.0 Å². The third-order valence-electron chi connectivity index (χ3n) is 5.27. The van der Waals surface area contributed by atoms with Gasteiger partial charge in [0, 0.05) is 19.1 Å². The van der Waals surface area contributed by atoms with Crippen molar-refractivity contribution in [1.29, 1.82) is 0 Å². The Bertz CT molecular complexity index is 546. The zero-order valence-electron chi connectivity index (χ0n) is 15.7. The number of carbonyl (C=O) groups excluding carboxylic acids is 1. The summed E-state index contributed by atoms with van der Waals surface area (Å²) in [5.74, 6) is 0. The molecule has 3 rings (SSSR count). The highest BCUT2D eigenvalue weighted by molar-refractivity contribution is 5.67. The minimum Gasteiger partial charge on any atom is -0.445 e. The Morgan fingerprint density at radius 3 is 2.73 bits per heavy atom. The average molecular weight is 361 g/mol. The second-order valence-corrected chi connectivity index (χ2v) is 7.10. The van der Waals surface area contributed by atoms with Gasteiger partial charge in [-0.15, -0.1) is 0 Å². The number of hydrogen-bond acceptors (Lipinski definition) is 5. The van der Waals surface area contributed by atoms with E-state index >= 15 is 0 Å². The lowest BCUT2D eigenvalue weighted by atomic mass is 10.0. The molecule has 0 spiro atoms. The van der Waals surface area contributed by atoms with Crippen LogP contribution in [0.3, 0.4) is 0 Å². The second-order valence-electron chi connectivity index (χ2n) is 7.10. The van der Waals surface area contributed by atoms with Gasteiger partial charge in [0.15, 0.2) is 0 Å². The van der Waals surface area contributed by atoms with Gasteiger partial charge in [-0.25, -0.2) is 4.79 Å². The maximum Gasteiger partial charge on any atom is 0.410 e. The molecule has 1 aromatic carbocycles. The van der Waals surface area contributed by atoms with Crippen molar-refractivity contribution in [3.8, 4) is 0 Å². The number of benzene rings is 1. The fraction of sp³-hybridized carbons (Fsp3) is 0.650. The monoisotopic (exact) mass is 361 g/mol. The average Bonchev–Trinajstić information content (AvgIpc) is 2.72. The minimum absolute atomic E-state index is 0.0391. The number of ether oxygens (including phenoxy) is 2. The molecule has 1 atom stereocenters. The van der Waals surface area contributed by atoms with E-state index in [9.17, 15) is 4.79 Å². The number of nitrogens with zero attached hydrogens (tertiary/aromatic N) is 2. The molecule has 6 nitrogen and oxygen atoms in total. The van der Waals surface area contributed by atoms with Gasteiger partial charge in [-0.2, -0.15) is 0 Å². The quantitative estimate of drug-likeness (QED) is 0.841. The van der Waals surface area contributed by atoms with Gasteiger partial charge in [0.05, 0.1) is 19.3 Å². The van der Waals surface area contributed by atoms with Crippen LogP contribution in [-0.4, -0.2) is 73.9 Å². The number of piperidine rings is 1. The van der Waals surface area contributed by atoms with Crippen molar-refractivity contribution in [1.82, 2.24) is 15.1 Å². The van der Waals surface area contributed by atoms with Crippen molar-refractivity contribution in [3.05, 3.63) is 35.9 Å². The zero-order chi connectivity index (χ0) is 18.2. The lowest BCUT2D eigenvalue weighted by Gasteiger charge is -2.35. The summed E-state index contributed by atoms with van der Waals surface area (Å²) in [5.41, 5.74) is 1.01. The predicted molar refractivity (Wildman–Crippen MR) is 101 cm³/mol. The Morgan fingerprint density at radius 2 is 2.00 bits per heavy atom. The molecule has 1 unspecified atom stereocenters. The molecule has 2 heterocycles. The Morgan fingerprint density at radius 1 is 1.23 bits per heavy atom. The molecular weight excluding hydrogens is 330 g/mol. The third kappa shape index (κ3) is 5.69. The summed E-state index contributed by atoms with van der Waals surface area (Å²) in [6.45, 7) is 8.55. The molecule has 1 aromatic rings. The normalized spacial score (nSPS) is 22.3. The molecule has 1 N–H and O–H groups in total. The zero-order valence-corrected chi connectivity index (χ0v) is 15.7. The molecule has 0 aromatic heterocycles. The summed E-state index contributed by atoms with van der Waals surface area (Å²) in [4.78, 5) is 16.6. The molecule has 2 saturated heterocycles. The number of carbonyl (C=O) groups is 1. The van der Waals surface area contributed by atoms with Gasteiger partial charge in [-0.1, -0.05) is 37.3 Å².